The molecular formula is CrFeO5Pb. The van der Waals surface area contributed by atoms with Gasteiger partial charge in [0.1, 0.15) is 0 Å². The van der Waals surface area contributed by atoms with E-state index in [1.54, 1.807) is 0 Å². The molecule has 0 aromatic rings. The van der Waals surface area contributed by atoms with Crippen LogP contribution in [0.25, 0.3) is 0 Å². The van der Waals surface area contributed by atoms with E-state index in [4.69, 9.17) is 15.9 Å². The van der Waals surface area contributed by atoms with Gasteiger partial charge < -0.3 is 5.48 Å². The minimum atomic E-state index is -5.75. The van der Waals surface area contributed by atoms with Crippen molar-refractivity contribution in [1.82, 2.24) is 0 Å². The normalized spacial score (nSPS) is 7.25. The van der Waals surface area contributed by atoms with E-state index >= 15 is 0 Å². The standard InChI is InChI=1S/Cr.Fe.5O.Pb/q;+2;;;-2;2*-1;+2. The van der Waals surface area contributed by atoms with Crippen molar-refractivity contribution in [2.45, 2.75) is 0 Å². The van der Waals surface area contributed by atoms with E-state index in [0.29, 0.717) is 0 Å². The Morgan fingerprint density at radius 3 is 1.12 bits per heavy atom. The summed E-state index contributed by atoms with van der Waals surface area (Å²) in [4.78, 5) is 0. The van der Waals surface area contributed by atoms with Crippen molar-refractivity contribution in [3.05, 3.63) is 0 Å². The van der Waals surface area contributed by atoms with Crippen LogP contribution in [0.2, 0.25) is 0 Å². The van der Waals surface area contributed by atoms with Gasteiger partial charge in [0.15, 0.2) is 0 Å². The fourth-order valence-electron chi connectivity index (χ4n) is 0. The third-order valence-corrected chi connectivity index (χ3v) is 0. The molecule has 8 heteroatoms. The van der Waals surface area contributed by atoms with Crippen molar-refractivity contribution in [2.24, 2.45) is 0 Å². The summed E-state index contributed by atoms with van der Waals surface area (Å²) in [5, 5.41) is 0. The fourth-order valence-corrected chi connectivity index (χ4v) is 0. The first kappa shape index (κ1) is 22.7. The molecule has 0 aromatic heterocycles. The predicted octanol–water partition coefficient (Wildman–Crippen LogP) is -3.12. The summed E-state index contributed by atoms with van der Waals surface area (Å²) in [5.41, 5.74) is 0. The van der Waals surface area contributed by atoms with Crippen LogP contribution in [0.4, 0.5) is 0 Å². The van der Waals surface area contributed by atoms with Crippen LogP contribution in [-0.2, 0) is 43.8 Å². The summed E-state index contributed by atoms with van der Waals surface area (Å²) >= 11 is -5.75. The summed E-state index contributed by atoms with van der Waals surface area (Å²) in [5.74, 6) is 0. The van der Waals surface area contributed by atoms with Gasteiger partial charge in [-0.3, -0.25) is 0 Å². The summed E-state index contributed by atoms with van der Waals surface area (Å²) in [7, 11) is 0. The Morgan fingerprint density at radius 2 is 1.12 bits per heavy atom. The maximum atomic E-state index is 8.59. The molecule has 0 atom stereocenters. The molecule has 0 bridgehead atoms. The monoisotopic (exact) mass is 396 g/mol. The smallest absolute Gasteiger partial charge is 2.00 e. The van der Waals surface area contributed by atoms with E-state index in [9.17, 15) is 0 Å². The average molecular weight is 395 g/mol. The minimum Gasteiger partial charge on any atom is 2.00 e. The van der Waals surface area contributed by atoms with Gasteiger partial charge in [0.25, 0.3) is 0 Å². The Balaban J connectivity index is -0.0000000267. The maximum Gasteiger partial charge on any atom is 2.00 e. The topological polar surface area (TPSA) is 109 Å². The molecule has 8 heavy (non-hydrogen) atoms. The molecular weight excluding hydrogens is 395 g/mol. The zero-order valence-electron chi connectivity index (χ0n) is 3.30. The molecule has 0 aromatic carbocycles. The van der Waals surface area contributed by atoms with Crippen molar-refractivity contribution in [3.63, 3.8) is 0 Å². The molecule has 0 amide bonds. The van der Waals surface area contributed by atoms with Gasteiger partial charge in [0.05, 0.1) is 0 Å². The Labute approximate surface area is 78.8 Å². The van der Waals surface area contributed by atoms with Crippen LogP contribution in [0.15, 0.2) is 0 Å². The molecule has 2 radical (unpaired) electrons. The van der Waals surface area contributed by atoms with Crippen molar-refractivity contribution in [2.75, 3.05) is 0 Å². The van der Waals surface area contributed by atoms with E-state index in [1.807, 2.05) is 0 Å². The minimum absolute atomic E-state index is 0. The number of hydrogen-bond acceptors (Lipinski definition) is 4. The van der Waals surface area contributed by atoms with E-state index < -0.39 is 13.6 Å². The fraction of sp³-hybridized carbons (Fsp3) is 0. The van der Waals surface area contributed by atoms with Crippen molar-refractivity contribution >= 4 is 27.3 Å². The summed E-state index contributed by atoms with van der Waals surface area (Å²) in [6.45, 7) is 0. The second-order valence-corrected chi connectivity index (χ2v) is 1.68. The van der Waals surface area contributed by atoms with E-state index in [0.717, 1.165) is 0 Å². The Bertz CT molecular complexity index is 95.6. The Morgan fingerprint density at radius 1 is 1.12 bits per heavy atom. The summed E-state index contributed by atoms with van der Waals surface area (Å²) in [6, 6.07) is 0. The van der Waals surface area contributed by atoms with Crippen LogP contribution in [0.3, 0.4) is 0 Å². The molecule has 0 saturated carbocycles. The van der Waals surface area contributed by atoms with Gasteiger partial charge in [0.2, 0.25) is 0 Å². The van der Waals surface area contributed by atoms with E-state index in [2.05, 4.69) is 0 Å². The quantitative estimate of drug-likeness (QED) is 0.405. The molecule has 5 nitrogen and oxygen atoms in total. The molecule has 0 N–H and O–H groups in total. The van der Waals surface area contributed by atoms with Crippen LogP contribution in [0.5, 0.6) is 0 Å². The van der Waals surface area contributed by atoms with Crippen LogP contribution in [-0.4, -0.2) is 27.3 Å². The molecule has 0 saturated heterocycles. The molecule has 0 heterocycles. The largest absolute Gasteiger partial charge is 2.00 e. The Kier molecular flexibility index (Phi) is 24.0. The first-order valence-corrected chi connectivity index (χ1v) is 2.75. The Hall–Kier alpha value is 1.45. The van der Waals surface area contributed by atoms with Gasteiger partial charge in [-0.15, -0.1) is 0 Å². The number of rotatable bonds is 0. The molecule has 0 spiro atoms. The van der Waals surface area contributed by atoms with Crippen molar-refractivity contribution in [1.29, 1.82) is 0 Å². The van der Waals surface area contributed by atoms with Crippen LogP contribution >= 0.6 is 0 Å². The summed E-state index contributed by atoms with van der Waals surface area (Å²) in [6.07, 6.45) is 0. The van der Waals surface area contributed by atoms with Crippen LogP contribution < -0.4 is 8.32 Å². The first-order valence-electron chi connectivity index (χ1n) is 0.667. The van der Waals surface area contributed by atoms with Gasteiger partial charge in [-0.25, -0.2) is 0 Å². The molecule has 0 fully saturated rings. The van der Waals surface area contributed by atoms with E-state index in [-0.39, 0.29) is 49.8 Å². The number of hydrogen-bond donors (Lipinski definition) is 0. The first-order chi connectivity index (χ1) is 2.00. The van der Waals surface area contributed by atoms with Crippen LogP contribution in [0, 0.1) is 0 Å². The van der Waals surface area contributed by atoms with Gasteiger partial charge >= 0.3 is 73.9 Å². The molecule has 0 unspecified atom stereocenters. The predicted molar refractivity (Wildman–Crippen MR) is 7.81 cm³/mol. The van der Waals surface area contributed by atoms with Crippen molar-refractivity contribution in [3.8, 4) is 0 Å². The van der Waals surface area contributed by atoms with Crippen LogP contribution in [0.1, 0.15) is 0 Å². The molecule has 0 rings (SSSR count). The molecule has 0 aliphatic rings. The second kappa shape index (κ2) is 8.45. The third-order valence-electron chi connectivity index (χ3n) is 0. The second-order valence-electron chi connectivity index (χ2n) is 0.408. The zero-order chi connectivity index (χ0) is 4.50. The molecule has 0 aliphatic heterocycles. The third kappa shape index (κ3) is 147. The maximum absolute atomic E-state index is 8.59. The van der Waals surface area contributed by atoms with Crippen molar-refractivity contribution < 1.29 is 52.1 Å². The van der Waals surface area contributed by atoms with Gasteiger partial charge in [-0.1, -0.05) is 0 Å². The van der Waals surface area contributed by atoms with Gasteiger partial charge in [-0.05, 0) is 0 Å². The van der Waals surface area contributed by atoms with E-state index in [1.165, 1.54) is 0 Å². The SMILES string of the molecule is [Fe+2].[O-2].[O]=[Cr](=[O])([O-])[O-].[Pb+2]. The zero-order valence-corrected chi connectivity index (χ0v) is 9.57. The van der Waals surface area contributed by atoms with Gasteiger partial charge in [-0.2, -0.15) is 0 Å². The molecule has 48 valence electrons. The summed E-state index contributed by atoms with van der Waals surface area (Å²) < 4.78 is 34.4. The average Bonchev–Trinajstić information content (AvgIpc) is 0.722. The molecule has 0 aliphatic carbocycles. The van der Waals surface area contributed by atoms with Gasteiger partial charge in [0, 0.05) is 0 Å².